The Morgan fingerprint density at radius 2 is 1.77 bits per heavy atom. The van der Waals surface area contributed by atoms with Crippen LogP contribution in [-0.2, 0) is 19.1 Å². The summed E-state index contributed by atoms with van der Waals surface area (Å²) in [5.74, 6) is -2.62. The number of fused-ring (bicyclic) bond motifs is 2. The lowest BCUT2D eigenvalue weighted by molar-refractivity contribution is -0.145. The number of anilines is 1. The van der Waals surface area contributed by atoms with E-state index in [9.17, 15) is 23.6 Å². The van der Waals surface area contributed by atoms with E-state index in [-0.39, 0.29) is 18.1 Å². The van der Waals surface area contributed by atoms with Crippen molar-refractivity contribution < 1.29 is 28.2 Å². The lowest BCUT2D eigenvalue weighted by Gasteiger charge is -2.29. The van der Waals surface area contributed by atoms with Crippen LogP contribution in [0.1, 0.15) is 23.3 Å². The highest BCUT2D eigenvalue weighted by Crippen LogP contribution is 2.53. The minimum absolute atomic E-state index is 0.235. The molecule has 1 saturated heterocycles. The first-order valence-corrected chi connectivity index (χ1v) is 12.5. The van der Waals surface area contributed by atoms with Gasteiger partial charge in [-0.3, -0.25) is 14.4 Å². The Hall–Kier alpha value is -3.44. The zero-order valence-corrected chi connectivity index (χ0v) is 20.0. The molecule has 2 aromatic carbocycles. The van der Waals surface area contributed by atoms with Gasteiger partial charge in [-0.1, -0.05) is 35.2 Å². The molecule has 2 aliphatic heterocycles. The van der Waals surface area contributed by atoms with Crippen LogP contribution in [-0.4, -0.2) is 41.2 Å². The van der Waals surface area contributed by atoms with Crippen molar-refractivity contribution in [2.75, 3.05) is 18.1 Å². The number of H-pyrrole nitrogens is 1. The number of imide groups is 1. The van der Waals surface area contributed by atoms with Crippen LogP contribution in [0.15, 0.2) is 58.4 Å². The van der Waals surface area contributed by atoms with Crippen LogP contribution in [0, 0.1) is 11.7 Å². The van der Waals surface area contributed by atoms with Gasteiger partial charge in [-0.05, 0) is 48.9 Å². The van der Waals surface area contributed by atoms with Gasteiger partial charge in [-0.25, -0.2) is 14.1 Å². The minimum atomic E-state index is -0.747. The second-order valence-electron chi connectivity index (χ2n) is 7.90. The van der Waals surface area contributed by atoms with Gasteiger partial charge in [0, 0.05) is 10.8 Å². The molecule has 2 amide bonds. The highest BCUT2D eigenvalue weighted by Gasteiger charge is 2.56. The van der Waals surface area contributed by atoms with Crippen molar-refractivity contribution in [2.24, 2.45) is 5.92 Å². The predicted octanol–water partition coefficient (Wildman–Crippen LogP) is 3.31. The molecule has 3 heterocycles. The van der Waals surface area contributed by atoms with Crippen molar-refractivity contribution in [3.63, 3.8) is 0 Å². The van der Waals surface area contributed by atoms with Gasteiger partial charge >= 0.3 is 10.8 Å². The molecule has 3 aromatic rings. The smallest absolute Gasteiger partial charge is 0.344 e. The fourth-order valence-electron chi connectivity index (χ4n) is 4.34. The summed E-state index contributed by atoms with van der Waals surface area (Å²) in [6.45, 7) is 1.73. The third-order valence-electron chi connectivity index (χ3n) is 5.81. The van der Waals surface area contributed by atoms with Gasteiger partial charge in [0.15, 0.2) is 6.61 Å². The molecule has 1 fully saturated rings. The molecule has 180 valence electrons. The average Bonchev–Trinajstić information content (AvgIpc) is 3.33. The fourth-order valence-corrected chi connectivity index (χ4v) is 6.85. The van der Waals surface area contributed by atoms with Crippen LogP contribution in [0.5, 0.6) is 5.75 Å². The van der Waals surface area contributed by atoms with Crippen molar-refractivity contribution >= 4 is 46.6 Å². The number of halogens is 1. The van der Waals surface area contributed by atoms with E-state index >= 15 is 0 Å². The molecule has 3 atom stereocenters. The number of thiazole rings is 1. The van der Waals surface area contributed by atoms with Gasteiger partial charge in [0.05, 0.1) is 23.2 Å². The number of nitrogens with one attached hydrogen (secondary N) is 1. The zero-order valence-electron chi connectivity index (χ0n) is 18.4. The van der Waals surface area contributed by atoms with E-state index < -0.39 is 40.7 Å². The summed E-state index contributed by atoms with van der Waals surface area (Å²) in [5.41, 5.74) is 1.03. The number of carbonyl (C=O) groups is 3. The van der Waals surface area contributed by atoms with Gasteiger partial charge < -0.3 is 14.5 Å². The lowest BCUT2D eigenvalue weighted by atomic mass is 9.83. The molecule has 3 unspecified atom stereocenters. The largest absolute Gasteiger partial charge is 0.482 e. The highest BCUT2D eigenvalue weighted by atomic mass is 32.2. The van der Waals surface area contributed by atoms with Gasteiger partial charge in [0.25, 0.3) is 0 Å². The van der Waals surface area contributed by atoms with Crippen molar-refractivity contribution in [1.82, 2.24) is 4.98 Å². The maximum atomic E-state index is 13.6. The molecular weight excluding hydrogens is 495 g/mol. The van der Waals surface area contributed by atoms with E-state index in [0.29, 0.717) is 21.3 Å². The number of esters is 1. The molecule has 0 spiro atoms. The van der Waals surface area contributed by atoms with Crippen LogP contribution in [0.4, 0.5) is 10.1 Å². The fraction of sp³-hybridized carbons (Fsp3) is 0.250. The van der Waals surface area contributed by atoms with Crippen LogP contribution < -0.4 is 14.5 Å². The number of ether oxygens (including phenoxy) is 2. The van der Waals surface area contributed by atoms with Gasteiger partial charge in [-0.15, -0.1) is 0 Å². The van der Waals surface area contributed by atoms with E-state index in [2.05, 4.69) is 4.98 Å². The van der Waals surface area contributed by atoms with E-state index in [1.807, 2.05) is 0 Å². The monoisotopic (exact) mass is 514 g/mol. The topological polar surface area (TPSA) is 106 Å². The predicted molar refractivity (Wildman–Crippen MR) is 127 cm³/mol. The van der Waals surface area contributed by atoms with Crippen molar-refractivity contribution in [1.29, 1.82) is 0 Å². The molecule has 5 rings (SSSR count). The molecular formula is C24H19FN2O6S2. The normalized spacial score (nSPS) is 21.0. The highest BCUT2D eigenvalue weighted by molar-refractivity contribution is 8.00. The van der Waals surface area contributed by atoms with Crippen molar-refractivity contribution in [3.8, 4) is 5.75 Å². The SMILES string of the molecule is CCOC(=O)COc1ccc(C2c3sc(=O)[nH]c3SC3C(=O)N(c4ccc(F)cc4)C(=O)C32)cc1. The van der Waals surface area contributed by atoms with Crippen LogP contribution in [0.25, 0.3) is 0 Å². The Morgan fingerprint density at radius 1 is 1.06 bits per heavy atom. The first-order valence-electron chi connectivity index (χ1n) is 10.8. The summed E-state index contributed by atoms with van der Waals surface area (Å²) in [4.78, 5) is 54.9. The number of rotatable bonds is 6. The number of hydrogen-bond donors (Lipinski definition) is 1. The molecule has 1 N–H and O–H groups in total. The number of aromatic nitrogens is 1. The molecule has 0 bridgehead atoms. The van der Waals surface area contributed by atoms with E-state index in [1.165, 1.54) is 36.0 Å². The molecule has 11 heteroatoms. The molecule has 0 radical (unpaired) electrons. The first kappa shape index (κ1) is 23.3. The number of aromatic amines is 1. The van der Waals surface area contributed by atoms with E-state index in [0.717, 1.165) is 21.8 Å². The van der Waals surface area contributed by atoms with Crippen molar-refractivity contribution in [2.45, 2.75) is 23.1 Å². The van der Waals surface area contributed by atoms with Gasteiger partial charge in [0.1, 0.15) is 16.8 Å². The maximum absolute atomic E-state index is 13.6. The van der Waals surface area contributed by atoms with E-state index in [4.69, 9.17) is 9.47 Å². The summed E-state index contributed by atoms with van der Waals surface area (Å²) < 4.78 is 23.7. The number of thioether (sulfide) groups is 1. The third-order valence-corrected chi connectivity index (χ3v) is 8.21. The Labute approximate surface area is 207 Å². The van der Waals surface area contributed by atoms with Crippen LogP contribution in [0.2, 0.25) is 0 Å². The minimum Gasteiger partial charge on any atom is -0.482 e. The maximum Gasteiger partial charge on any atom is 0.344 e. The molecule has 0 saturated carbocycles. The Kier molecular flexibility index (Phi) is 6.20. The molecule has 0 aliphatic carbocycles. The van der Waals surface area contributed by atoms with Gasteiger partial charge in [0.2, 0.25) is 11.8 Å². The summed E-state index contributed by atoms with van der Waals surface area (Å²) in [6.07, 6.45) is 0. The average molecular weight is 515 g/mol. The molecule has 8 nitrogen and oxygen atoms in total. The second-order valence-corrected chi connectivity index (χ2v) is 10.1. The Bertz CT molecular complexity index is 1350. The first-order chi connectivity index (χ1) is 16.9. The lowest BCUT2D eigenvalue weighted by Crippen LogP contribution is -2.32. The Morgan fingerprint density at radius 3 is 2.46 bits per heavy atom. The van der Waals surface area contributed by atoms with Crippen LogP contribution >= 0.6 is 23.1 Å². The summed E-state index contributed by atoms with van der Waals surface area (Å²) in [5, 5.41) is -0.175. The molecule has 1 aromatic heterocycles. The quantitative estimate of drug-likeness (QED) is 0.397. The number of nitrogens with zero attached hydrogens (tertiary/aromatic N) is 1. The molecule has 35 heavy (non-hydrogen) atoms. The van der Waals surface area contributed by atoms with Gasteiger partial charge in [-0.2, -0.15) is 0 Å². The van der Waals surface area contributed by atoms with E-state index in [1.54, 1.807) is 31.2 Å². The number of hydrogen-bond acceptors (Lipinski definition) is 8. The second kappa shape index (κ2) is 9.31. The number of carbonyl (C=O) groups excluding carboxylic acids is 3. The van der Waals surface area contributed by atoms with Crippen LogP contribution in [0.3, 0.4) is 0 Å². The summed E-state index contributed by atoms with van der Waals surface area (Å²) in [6, 6.07) is 12.0. The molecule has 2 aliphatic rings. The summed E-state index contributed by atoms with van der Waals surface area (Å²) >= 11 is 2.18. The zero-order chi connectivity index (χ0) is 24.7. The Balaban J connectivity index is 1.49. The standard InChI is InChI=1S/C24H19FN2O6S2/c1-2-32-16(28)11-33-15-9-3-12(4-10-15)17-18-20(34-21-19(17)35-24(31)26-21)23(30)27(22(18)29)14-7-5-13(25)6-8-14/h3-10,17-18,20H,2,11H2,1H3,(H,26,31). The van der Waals surface area contributed by atoms with Crippen molar-refractivity contribution in [3.05, 3.63) is 74.5 Å². The third kappa shape index (κ3) is 4.25. The number of amides is 2. The number of benzene rings is 2. The summed E-state index contributed by atoms with van der Waals surface area (Å²) in [7, 11) is 0.